The Morgan fingerprint density at radius 1 is 1.53 bits per heavy atom. The van der Waals surface area contributed by atoms with Crippen LogP contribution in [0.1, 0.15) is 5.69 Å². The number of para-hydroxylation sites is 1. The van der Waals surface area contributed by atoms with Crippen LogP contribution < -0.4 is 0 Å². The molecule has 0 amide bonds. The monoisotopic (exact) mass is 300 g/mol. The van der Waals surface area contributed by atoms with Crippen LogP contribution >= 0.6 is 15.9 Å². The highest BCUT2D eigenvalue weighted by Crippen LogP contribution is 2.24. The van der Waals surface area contributed by atoms with Crippen molar-refractivity contribution in [3.05, 3.63) is 46.0 Å². The normalized spacial score (nSPS) is 10.5. The molecule has 0 N–H and O–H groups in total. The molecule has 0 aliphatic carbocycles. The van der Waals surface area contributed by atoms with E-state index in [4.69, 9.17) is 0 Å². The molecule has 0 bridgehead atoms. The first-order valence-corrected chi connectivity index (χ1v) is 5.66. The molecule has 0 saturated carbocycles. The summed E-state index contributed by atoms with van der Waals surface area (Å²) in [5.41, 5.74) is -0.00391. The molecular weight excluding hydrogens is 295 g/mol. The summed E-state index contributed by atoms with van der Waals surface area (Å²) in [6.45, 7) is 0. The van der Waals surface area contributed by atoms with Crippen LogP contribution in [0, 0.1) is 15.9 Å². The van der Waals surface area contributed by atoms with Crippen molar-refractivity contribution in [1.82, 2.24) is 15.0 Å². The predicted octanol–water partition coefficient (Wildman–Crippen LogP) is 2.21. The summed E-state index contributed by atoms with van der Waals surface area (Å²) in [4.78, 5) is 10.1. The van der Waals surface area contributed by atoms with E-state index in [2.05, 4.69) is 26.2 Å². The Morgan fingerprint density at radius 2 is 2.29 bits per heavy atom. The maximum atomic E-state index is 13.6. The molecule has 2 aromatic rings. The SMILES string of the molecule is O=[N+]([O-])c1cccc(F)c1-n1cc(CBr)nn1. The van der Waals surface area contributed by atoms with Crippen molar-refractivity contribution < 1.29 is 9.31 Å². The number of alkyl halides is 1. The van der Waals surface area contributed by atoms with E-state index >= 15 is 0 Å². The maximum absolute atomic E-state index is 13.6. The van der Waals surface area contributed by atoms with Crippen LogP contribution in [0.5, 0.6) is 0 Å². The number of nitro groups is 1. The zero-order valence-electron chi connectivity index (χ0n) is 8.38. The van der Waals surface area contributed by atoms with Crippen LogP contribution in [0.15, 0.2) is 24.4 Å². The molecule has 0 atom stereocenters. The average Bonchev–Trinajstić information content (AvgIpc) is 2.76. The van der Waals surface area contributed by atoms with Gasteiger partial charge in [0.25, 0.3) is 5.69 Å². The second-order valence-electron chi connectivity index (χ2n) is 3.15. The number of rotatable bonds is 3. The average molecular weight is 301 g/mol. The summed E-state index contributed by atoms with van der Waals surface area (Å²) in [6, 6.07) is 3.63. The molecule has 88 valence electrons. The van der Waals surface area contributed by atoms with Gasteiger partial charge < -0.3 is 0 Å². The molecule has 0 radical (unpaired) electrons. The Labute approximate surface area is 103 Å². The number of nitro benzene ring substituents is 1. The predicted molar refractivity (Wildman–Crippen MR) is 60.6 cm³/mol. The summed E-state index contributed by atoms with van der Waals surface area (Å²) >= 11 is 3.17. The molecule has 17 heavy (non-hydrogen) atoms. The topological polar surface area (TPSA) is 73.8 Å². The number of benzene rings is 1. The second kappa shape index (κ2) is 4.58. The van der Waals surface area contributed by atoms with E-state index in [1.54, 1.807) is 0 Å². The van der Waals surface area contributed by atoms with Crippen LogP contribution in [0.3, 0.4) is 0 Å². The van der Waals surface area contributed by atoms with Gasteiger partial charge in [-0.25, -0.2) is 9.07 Å². The third kappa shape index (κ3) is 2.16. The van der Waals surface area contributed by atoms with E-state index < -0.39 is 10.7 Å². The molecule has 0 spiro atoms. The van der Waals surface area contributed by atoms with Gasteiger partial charge in [0.15, 0.2) is 11.5 Å². The minimum Gasteiger partial charge on any atom is -0.258 e. The molecular formula is C9H6BrFN4O2. The first-order chi connectivity index (χ1) is 8.13. The van der Waals surface area contributed by atoms with Gasteiger partial charge in [-0.3, -0.25) is 10.1 Å². The molecule has 0 aliphatic rings. The van der Waals surface area contributed by atoms with E-state index in [9.17, 15) is 14.5 Å². The highest BCUT2D eigenvalue weighted by atomic mass is 79.9. The van der Waals surface area contributed by atoms with Gasteiger partial charge in [0.2, 0.25) is 0 Å². The highest BCUT2D eigenvalue weighted by molar-refractivity contribution is 9.08. The smallest absolute Gasteiger partial charge is 0.258 e. The number of aromatic nitrogens is 3. The van der Waals surface area contributed by atoms with E-state index in [0.717, 1.165) is 10.7 Å². The fourth-order valence-electron chi connectivity index (χ4n) is 1.35. The summed E-state index contributed by atoms with van der Waals surface area (Å²) in [7, 11) is 0. The Balaban J connectivity index is 2.61. The Morgan fingerprint density at radius 3 is 2.88 bits per heavy atom. The lowest BCUT2D eigenvalue weighted by Gasteiger charge is -2.02. The molecule has 0 fully saturated rings. The molecule has 0 aliphatic heterocycles. The minimum absolute atomic E-state index is 0.211. The van der Waals surface area contributed by atoms with Crippen molar-refractivity contribution in [3.63, 3.8) is 0 Å². The fourth-order valence-corrected chi connectivity index (χ4v) is 1.60. The molecule has 0 saturated heterocycles. The van der Waals surface area contributed by atoms with Crippen molar-refractivity contribution in [2.75, 3.05) is 0 Å². The largest absolute Gasteiger partial charge is 0.297 e. The Kier molecular flexibility index (Phi) is 3.14. The molecule has 1 heterocycles. The molecule has 1 aromatic carbocycles. The lowest BCUT2D eigenvalue weighted by atomic mass is 10.2. The van der Waals surface area contributed by atoms with E-state index in [1.807, 2.05) is 0 Å². The Hall–Kier alpha value is -1.83. The van der Waals surface area contributed by atoms with Crippen molar-refractivity contribution >= 4 is 21.6 Å². The lowest BCUT2D eigenvalue weighted by Crippen LogP contribution is -2.03. The van der Waals surface area contributed by atoms with Gasteiger partial charge in [-0.15, -0.1) is 5.10 Å². The van der Waals surface area contributed by atoms with Gasteiger partial charge in [-0.05, 0) is 6.07 Å². The van der Waals surface area contributed by atoms with E-state index in [0.29, 0.717) is 11.0 Å². The standard InChI is InChI=1S/C9H6BrFN4O2/c10-4-6-5-14(13-12-6)9-7(11)2-1-3-8(9)15(16)17/h1-3,5H,4H2. The zero-order valence-corrected chi connectivity index (χ0v) is 9.96. The Bertz CT molecular complexity index is 572. The first kappa shape index (κ1) is 11.6. The number of hydrogen-bond acceptors (Lipinski definition) is 4. The molecule has 8 heteroatoms. The molecule has 6 nitrogen and oxygen atoms in total. The van der Waals surface area contributed by atoms with E-state index in [-0.39, 0.29) is 11.4 Å². The van der Waals surface area contributed by atoms with Crippen LogP contribution in [0.2, 0.25) is 0 Å². The second-order valence-corrected chi connectivity index (χ2v) is 3.71. The summed E-state index contributed by atoms with van der Waals surface area (Å²) < 4.78 is 14.7. The minimum atomic E-state index is -0.717. The van der Waals surface area contributed by atoms with Gasteiger partial charge in [0.1, 0.15) is 0 Å². The molecule has 2 rings (SSSR count). The summed E-state index contributed by atoms with van der Waals surface area (Å²) in [5, 5.41) is 18.6. The number of nitrogens with zero attached hydrogens (tertiary/aromatic N) is 4. The van der Waals surface area contributed by atoms with Crippen LogP contribution in [0.25, 0.3) is 5.69 Å². The van der Waals surface area contributed by atoms with E-state index in [1.165, 1.54) is 18.3 Å². The third-order valence-corrected chi connectivity index (χ3v) is 2.64. The zero-order chi connectivity index (χ0) is 12.4. The summed E-state index contributed by atoms with van der Waals surface area (Å²) in [6.07, 6.45) is 1.43. The summed E-state index contributed by atoms with van der Waals surface area (Å²) in [5.74, 6) is -0.717. The van der Waals surface area contributed by atoms with Crippen LogP contribution in [0.4, 0.5) is 10.1 Å². The van der Waals surface area contributed by atoms with Crippen molar-refractivity contribution in [2.24, 2.45) is 0 Å². The first-order valence-electron chi connectivity index (χ1n) is 4.54. The fraction of sp³-hybridized carbons (Fsp3) is 0.111. The maximum Gasteiger partial charge on any atom is 0.297 e. The van der Waals surface area contributed by atoms with Crippen molar-refractivity contribution in [3.8, 4) is 5.69 Å². The van der Waals surface area contributed by atoms with Gasteiger partial charge in [-0.2, -0.15) is 0 Å². The molecule has 1 aromatic heterocycles. The van der Waals surface area contributed by atoms with Crippen molar-refractivity contribution in [1.29, 1.82) is 0 Å². The number of halogens is 2. The third-order valence-electron chi connectivity index (χ3n) is 2.07. The van der Waals surface area contributed by atoms with Gasteiger partial charge in [0.05, 0.1) is 16.8 Å². The lowest BCUT2D eigenvalue weighted by molar-refractivity contribution is -0.384. The quantitative estimate of drug-likeness (QED) is 0.495. The highest BCUT2D eigenvalue weighted by Gasteiger charge is 2.20. The van der Waals surface area contributed by atoms with Crippen molar-refractivity contribution in [2.45, 2.75) is 5.33 Å². The van der Waals surface area contributed by atoms with Gasteiger partial charge >= 0.3 is 0 Å². The number of hydrogen-bond donors (Lipinski definition) is 0. The van der Waals surface area contributed by atoms with Gasteiger partial charge in [0, 0.05) is 11.4 Å². The van der Waals surface area contributed by atoms with Crippen LogP contribution in [-0.2, 0) is 5.33 Å². The van der Waals surface area contributed by atoms with Crippen LogP contribution in [-0.4, -0.2) is 19.9 Å². The van der Waals surface area contributed by atoms with Gasteiger partial charge in [-0.1, -0.05) is 27.2 Å². The molecule has 0 unspecified atom stereocenters.